The van der Waals surface area contributed by atoms with Crippen LogP contribution < -0.4 is 10.0 Å². The zero-order valence-corrected chi connectivity index (χ0v) is 16.7. The van der Waals surface area contributed by atoms with Crippen molar-refractivity contribution in [2.75, 3.05) is 10.0 Å². The van der Waals surface area contributed by atoms with Crippen LogP contribution in [-0.4, -0.2) is 14.3 Å². The van der Waals surface area contributed by atoms with Crippen molar-refractivity contribution >= 4 is 38.3 Å². The molecule has 30 heavy (non-hydrogen) atoms. The molecule has 0 aliphatic rings. The summed E-state index contributed by atoms with van der Waals surface area (Å²) in [6.45, 7) is 1.63. The fourth-order valence-electron chi connectivity index (χ4n) is 3.01. The van der Waals surface area contributed by atoms with Gasteiger partial charge < -0.3 is 9.73 Å². The standard InChI is InChI=1S/C22H17FN2O4S/c1-14-2-3-16(22(26)24-19-8-9-20-15(12-19)10-11-29-20)13-21(14)30(27,28)25-18-6-4-17(23)5-7-18/h2-13,25H,1H3,(H,24,26). The second kappa shape index (κ2) is 7.64. The van der Waals surface area contributed by atoms with Crippen molar-refractivity contribution in [3.05, 3.63) is 89.9 Å². The van der Waals surface area contributed by atoms with Crippen LogP contribution in [0.1, 0.15) is 15.9 Å². The molecule has 0 bridgehead atoms. The molecule has 6 nitrogen and oxygen atoms in total. The Kier molecular flexibility index (Phi) is 5.01. The van der Waals surface area contributed by atoms with E-state index in [2.05, 4.69) is 10.0 Å². The van der Waals surface area contributed by atoms with E-state index in [1.807, 2.05) is 0 Å². The topological polar surface area (TPSA) is 88.4 Å². The Balaban J connectivity index is 1.60. The van der Waals surface area contributed by atoms with Crippen molar-refractivity contribution in [3.63, 3.8) is 0 Å². The fourth-order valence-corrected chi connectivity index (χ4v) is 4.34. The number of aryl methyl sites for hydroxylation is 1. The number of hydrogen-bond donors (Lipinski definition) is 2. The van der Waals surface area contributed by atoms with Gasteiger partial charge in [0.05, 0.1) is 11.2 Å². The van der Waals surface area contributed by atoms with Gasteiger partial charge >= 0.3 is 0 Å². The van der Waals surface area contributed by atoms with Crippen LogP contribution in [-0.2, 0) is 10.0 Å². The van der Waals surface area contributed by atoms with E-state index in [1.54, 1.807) is 49.6 Å². The van der Waals surface area contributed by atoms with Crippen molar-refractivity contribution in [3.8, 4) is 0 Å². The van der Waals surface area contributed by atoms with Crippen LogP contribution in [0.15, 0.2) is 82.3 Å². The van der Waals surface area contributed by atoms with Crippen molar-refractivity contribution in [2.45, 2.75) is 11.8 Å². The number of nitrogens with one attached hydrogen (secondary N) is 2. The lowest BCUT2D eigenvalue weighted by Gasteiger charge is -2.12. The van der Waals surface area contributed by atoms with E-state index in [1.165, 1.54) is 18.2 Å². The van der Waals surface area contributed by atoms with Crippen LogP contribution in [0.4, 0.5) is 15.8 Å². The van der Waals surface area contributed by atoms with Gasteiger partial charge in [-0.25, -0.2) is 12.8 Å². The summed E-state index contributed by atoms with van der Waals surface area (Å²) in [5.74, 6) is -0.919. The Labute approximate surface area is 172 Å². The summed E-state index contributed by atoms with van der Waals surface area (Å²) in [4.78, 5) is 12.6. The quantitative estimate of drug-likeness (QED) is 0.475. The average molecular weight is 424 g/mol. The number of fused-ring (bicyclic) bond motifs is 1. The number of benzene rings is 3. The summed E-state index contributed by atoms with van der Waals surface area (Å²) in [6, 6.07) is 16.4. The Morgan fingerprint density at radius 3 is 2.43 bits per heavy atom. The number of carbonyl (C=O) groups is 1. The van der Waals surface area contributed by atoms with Crippen LogP contribution in [0.25, 0.3) is 11.0 Å². The molecule has 3 aromatic carbocycles. The van der Waals surface area contributed by atoms with Gasteiger partial charge in [0.2, 0.25) is 0 Å². The largest absolute Gasteiger partial charge is 0.464 e. The number of carbonyl (C=O) groups excluding carboxylic acids is 1. The lowest BCUT2D eigenvalue weighted by Crippen LogP contribution is -2.17. The van der Waals surface area contributed by atoms with Gasteiger partial charge in [0, 0.05) is 22.3 Å². The Morgan fingerprint density at radius 2 is 1.67 bits per heavy atom. The first-order valence-electron chi connectivity index (χ1n) is 8.99. The van der Waals surface area contributed by atoms with Crippen molar-refractivity contribution in [1.29, 1.82) is 0 Å². The summed E-state index contributed by atoms with van der Waals surface area (Å²) < 4.78 is 46.4. The van der Waals surface area contributed by atoms with Gasteiger partial charge in [0.1, 0.15) is 11.4 Å². The normalized spacial score (nSPS) is 11.4. The molecule has 4 aromatic rings. The predicted octanol–water partition coefficient (Wildman–Crippen LogP) is 4.93. The molecule has 1 amide bonds. The second-order valence-electron chi connectivity index (χ2n) is 6.72. The van der Waals surface area contributed by atoms with Gasteiger partial charge in [0.25, 0.3) is 15.9 Å². The SMILES string of the molecule is Cc1ccc(C(=O)Nc2ccc3occc3c2)cc1S(=O)(=O)Nc1ccc(F)cc1. The van der Waals surface area contributed by atoms with Crippen LogP contribution in [0.2, 0.25) is 0 Å². The molecular formula is C22H17FN2O4S. The van der Waals surface area contributed by atoms with E-state index in [4.69, 9.17) is 4.42 Å². The maximum absolute atomic E-state index is 13.1. The summed E-state index contributed by atoms with van der Waals surface area (Å²) in [5, 5.41) is 3.59. The van der Waals surface area contributed by atoms with E-state index < -0.39 is 21.7 Å². The molecule has 0 aliphatic carbocycles. The summed E-state index contributed by atoms with van der Waals surface area (Å²) in [7, 11) is -3.97. The molecule has 0 radical (unpaired) electrons. The second-order valence-corrected chi connectivity index (χ2v) is 8.37. The molecule has 2 N–H and O–H groups in total. The maximum Gasteiger partial charge on any atom is 0.262 e. The number of amides is 1. The van der Waals surface area contributed by atoms with Gasteiger partial charge in [-0.05, 0) is 73.2 Å². The minimum absolute atomic E-state index is 0.0373. The number of furan rings is 1. The molecule has 8 heteroatoms. The molecule has 0 saturated carbocycles. The van der Waals surface area contributed by atoms with Crippen molar-refractivity contribution in [1.82, 2.24) is 0 Å². The summed E-state index contributed by atoms with van der Waals surface area (Å²) in [5.41, 5.74) is 2.14. The zero-order chi connectivity index (χ0) is 21.3. The molecule has 0 atom stereocenters. The molecule has 0 saturated heterocycles. The molecule has 0 fully saturated rings. The monoisotopic (exact) mass is 424 g/mol. The minimum atomic E-state index is -3.97. The zero-order valence-electron chi connectivity index (χ0n) is 15.8. The first-order valence-corrected chi connectivity index (χ1v) is 10.5. The molecule has 152 valence electrons. The van der Waals surface area contributed by atoms with Crippen LogP contribution in [0, 0.1) is 12.7 Å². The van der Waals surface area contributed by atoms with Crippen LogP contribution in [0.5, 0.6) is 0 Å². The fraction of sp³-hybridized carbons (Fsp3) is 0.0455. The summed E-state index contributed by atoms with van der Waals surface area (Å²) >= 11 is 0. The van der Waals surface area contributed by atoms with E-state index in [0.717, 1.165) is 17.5 Å². The number of anilines is 2. The number of hydrogen-bond acceptors (Lipinski definition) is 4. The Bertz CT molecular complexity index is 1350. The van der Waals surface area contributed by atoms with Gasteiger partial charge in [-0.2, -0.15) is 0 Å². The minimum Gasteiger partial charge on any atom is -0.464 e. The van der Waals surface area contributed by atoms with E-state index >= 15 is 0 Å². The lowest BCUT2D eigenvalue weighted by atomic mass is 10.1. The maximum atomic E-state index is 13.1. The van der Waals surface area contributed by atoms with E-state index in [0.29, 0.717) is 16.8 Å². The van der Waals surface area contributed by atoms with Crippen molar-refractivity contribution < 1.29 is 22.0 Å². The van der Waals surface area contributed by atoms with Crippen molar-refractivity contribution in [2.24, 2.45) is 0 Å². The molecule has 1 heterocycles. The third kappa shape index (κ3) is 4.04. The van der Waals surface area contributed by atoms with E-state index in [9.17, 15) is 17.6 Å². The molecule has 1 aromatic heterocycles. The Hall–Kier alpha value is -3.65. The molecular weight excluding hydrogens is 407 g/mol. The Morgan fingerprint density at radius 1 is 0.933 bits per heavy atom. The first kappa shape index (κ1) is 19.7. The van der Waals surface area contributed by atoms with Gasteiger partial charge in [0.15, 0.2) is 0 Å². The molecule has 0 aliphatic heterocycles. The highest BCUT2D eigenvalue weighted by Gasteiger charge is 2.19. The third-order valence-corrected chi connectivity index (χ3v) is 6.07. The number of sulfonamides is 1. The number of halogens is 1. The van der Waals surface area contributed by atoms with Gasteiger partial charge in [-0.15, -0.1) is 0 Å². The molecule has 0 spiro atoms. The summed E-state index contributed by atoms with van der Waals surface area (Å²) in [6.07, 6.45) is 1.56. The predicted molar refractivity (Wildman–Crippen MR) is 113 cm³/mol. The van der Waals surface area contributed by atoms with Crippen LogP contribution in [0.3, 0.4) is 0 Å². The molecule has 4 rings (SSSR count). The van der Waals surface area contributed by atoms with Gasteiger partial charge in [-0.1, -0.05) is 6.07 Å². The number of rotatable bonds is 5. The van der Waals surface area contributed by atoms with E-state index in [-0.39, 0.29) is 16.1 Å². The highest BCUT2D eigenvalue weighted by Crippen LogP contribution is 2.23. The first-order chi connectivity index (χ1) is 14.3. The average Bonchev–Trinajstić information content (AvgIpc) is 3.17. The highest BCUT2D eigenvalue weighted by molar-refractivity contribution is 7.92. The van der Waals surface area contributed by atoms with Crippen LogP contribution >= 0.6 is 0 Å². The lowest BCUT2D eigenvalue weighted by molar-refractivity contribution is 0.102. The highest BCUT2D eigenvalue weighted by atomic mass is 32.2. The third-order valence-electron chi connectivity index (χ3n) is 4.55. The van der Waals surface area contributed by atoms with Gasteiger partial charge in [-0.3, -0.25) is 9.52 Å². The smallest absolute Gasteiger partial charge is 0.262 e. The molecule has 0 unspecified atom stereocenters.